The SMILES string of the molecule is Cc1[nH]nc(-c2ccc(C(F)(F)F)cc2)c1NC(=O)c1ccc2c(c1)OCO2. The van der Waals surface area contributed by atoms with Crippen molar-refractivity contribution in [1.29, 1.82) is 0 Å². The molecule has 1 aliphatic rings. The fourth-order valence-electron chi connectivity index (χ4n) is 2.83. The number of H-pyrrole nitrogens is 1. The summed E-state index contributed by atoms with van der Waals surface area (Å²) in [7, 11) is 0. The van der Waals surface area contributed by atoms with Crippen LogP contribution in [-0.2, 0) is 6.18 Å². The fraction of sp³-hybridized carbons (Fsp3) is 0.158. The molecule has 1 aromatic heterocycles. The first-order chi connectivity index (χ1) is 13.3. The smallest absolute Gasteiger partial charge is 0.416 e. The van der Waals surface area contributed by atoms with E-state index in [4.69, 9.17) is 9.47 Å². The molecule has 4 rings (SSSR count). The van der Waals surface area contributed by atoms with E-state index in [0.717, 1.165) is 12.1 Å². The van der Waals surface area contributed by atoms with Gasteiger partial charge in [0.1, 0.15) is 5.69 Å². The summed E-state index contributed by atoms with van der Waals surface area (Å²) < 4.78 is 48.8. The lowest BCUT2D eigenvalue weighted by Gasteiger charge is -2.09. The number of aromatic nitrogens is 2. The number of amides is 1. The van der Waals surface area contributed by atoms with E-state index in [-0.39, 0.29) is 6.79 Å². The van der Waals surface area contributed by atoms with Crippen LogP contribution in [0.4, 0.5) is 18.9 Å². The molecule has 2 heterocycles. The molecule has 0 spiro atoms. The minimum absolute atomic E-state index is 0.0965. The predicted octanol–water partition coefficient (Wildman–Crippen LogP) is 4.38. The van der Waals surface area contributed by atoms with Gasteiger partial charge in [0, 0.05) is 11.1 Å². The van der Waals surface area contributed by atoms with Crippen LogP contribution in [0.3, 0.4) is 0 Å². The zero-order valence-electron chi connectivity index (χ0n) is 14.6. The lowest BCUT2D eigenvalue weighted by Crippen LogP contribution is -2.13. The lowest BCUT2D eigenvalue weighted by molar-refractivity contribution is -0.137. The van der Waals surface area contributed by atoms with Crippen molar-refractivity contribution >= 4 is 11.6 Å². The van der Waals surface area contributed by atoms with Crippen molar-refractivity contribution in [2.75, 3.05) is 12.1 Å². The van der Waals surface area contributed by atoms with Gasteiger partial charge in [0.15, 0.2) is 11.5 Å². The minimum Gasteiger partial charge on any atom is -0.454 e. The Hall–Kier alpha value is -3.49. The molecule has 2 aromatic carbocycles. The van der Waals surface area contributed by atoms with Crippen LogP contribution in [0, 0.1) is 6.92 Å². The standard InChI is InChI=1S/C19H14F3N3O3/c1-10-16(23-18(26)12-4-7-14-15(8-12)28-9-27-14)17(25-24-10)11-2-5-13(6-3-11)19(20,21)22/h2-8H,9H2,1H3,(H,23,26)(H,24,25). The number of nitrogens with zero attached hydrogens (tertiary/aromatic N) is 1. The maximum atomic E-state index is 12.8. The first-order valence-corrected chi connectivity index (χ1v) is 8.26. The highest BCUT2D eigenvalue weighted by atomic mass is 19.4. The number of carbonyl (C=O) groups is 1. The van der Waals surface area contributed by atoms with Gasteiger partial charge >= 0.3 is 6.18 Å². The van der Waals surface area contributed by atoms with Crippen LogP contribution in [0.15, 0.2) is 42.5 Å². The third-order valence-corrected chi connectivity index (χ3v) is 4.31. The Balaban J connectivity index is 1.61. The number of alkyl halides is 3. The van der Waals surface area contributed by atoms with Crippen molar-refractivity contribution in [2.24, 2.45) is 0 Å². The maximum Gasteiger partial charge on any atom is 0.416 e. The lowest BCUT2D eigenvalue weighted by atomic mass is 10.1. The van der Waals surface area contributed by atoms with Crippen molar-refractivity contribution in [2.45, 2.75) is 13.1 Å². The molecule has 6 nitrogen and oxygen atoms in total. The van der Waals surface area contributed by atoms with E-state index < -0.39 is 17.6 Å². The molecule has 1 amide bonds. The van der Waals surface area contributed by atoms with Crippen LogP contribution in [0.5, 0.6) is 11.5 Å². The van der Waals surface area contributed by atoms with Gasteiger partial charge in [0.05, 0.1) is 16.9 Å². The highest BCUT2D eigenvalue weighted by Gasteiger charge is 2.30. The predicted molar refractivity (Wildman–Crippen MR) is 94.3 cm³/mol. The third kappa shape index (κ3) is 3.26. The fourth-order valence-corrected chi connectivity index (χ4v) is 2.83. The molecule has 0 aliphatic carbocycles. The number of fused-ring (bicyclic) bond motifs is 1. The van der Waals surface area contributed by atoms with E-state index in [0.29, 0.717) is 39.7 Å². The molecule has 3 aromatic rings. The van der Waals surface area contributed by atoms with E-state index in [1.807, 2.05) is 0 Å². The molecule has 0 bridgehead atoms. The molecule has 0 unspecified atom stereocenters. The summed E-state index contributed by atoms with van der Waals surface area (Å²) in [4.78, 5) is 12.6. The topological polar surface area (TPSA) is 76.2 Å². The second kappa shape index (κ2) is 6.59. The number of hydrogen-bond donors (Lipinski definition) is 2. The Morgan fingerprint density at radius 2 is 1.82 bits per heavy atom. The molecule has 0 atom stereocenters. The molecular weight excluding hydrogens is 375 g/mol. The third-order valence-electron chi connectivity index (χ3n) is 4.31. The van der Waals surface area contributed by atoms with E-state index in [1.54, 1.807) is 25.1 Å². The van der Waals surface area contributed by atoms with Crippen molar-refractivity contribution in [3.8, 4) is 22.8 Å². The van der Waals surface area contributed by atoms with E-state index in [1.165, 1.54) is 12.1 Å². The van der Waals surface area contributed by atoms with Crippen molar-refractivity contribution in [1.82, 2.24) is 10.2 Å². The number of anilines is 1. The molecular formula is C19H14F3N3O3. The first kappa shape index (κ1) is 17.9. The Labute approximate surface area is 157 Å². The van der Waals surface area contributed by atoms with Crippen molar-refractivity contribution in [3.05, 3.63) is 59.3 Å². The van der Waals surface area contributed by atoms with Gasteiger partial charge in [-0.05, 0) is 37.3 Å². The Morgan fingerprint density at radius 3 is 2.54 bits per heavy atom. The highest BCUT2D eigenvalue weighted by Crippen LogP contribution is 2.35. The summed E-state index contributed by atoms with van der Waals surface area (Å²) in [6.07, 6.45) is -4.42. The zero-order chi connectivity index (χ0) is 19.9. The van der Waals surface area contributed by atoms with Crippen LogP contribution in [-0.4, -0.2) is 22.9 Å². The number of carbonyl (C=O) groups excluding carboxylic acids is 1. The number of ether oxygens (including phenoxy) is 2. The second-order valence-corrected chi connectivity index (χ2v) is 6.17. The molecule has 144 valence electrons. The number of nitrogens with one attached hydrogen (secondary N) is 2. The molecule has 0 fully saturated rings. The molecule has 9 heteroatoms. The van der Waals surface area contributed by atoms with Crippen LogP contribution in [0.2, 0.25) is 0 Å². The average molecular weight is 389 g/mol. The zero-order valence-corrected chi connectivity index (χ0v) is 14.6. The van der Waals surface area contributed by atoms with E-state index in [2.05, 4.69) is 15.5 Å². The van der Waals surface area contributed by atoms with Gasteiger partial charge in [-0.3, -0.25) is 9.89 Å². The number of aromatic amines is 1. The Morgan fingerprint density at radius 1 is 1.11 bits per heavy atom. The summed E-state index contributed by atoms with van der Waals surface area (Å²) in [5, 5.41) is 9.62. The summed E-state index contributed by atoms with van der Waals surface area (Å²) in [5.41, 5.74) is 1.35. The largest absolute Gasteiger partial charge is 0.454 e. The van der Waals surface area contributed by atoms with Crippen LogP contribution in [0.1, 0.15) is 21.6 Å². The summed E-state index contributed by atoms with van der Waals surface area (Å²) >= 11 is 0. The van der Waals surface area contributed by atoms with Crippen molar-refractivity contribution < 1.29 is 27.4 Å². The van der Waals surface area contributed by atoms with Gasteiger partial charge in [-0.1, -0.05) is 12.1 Å². The maximum absolute atomic E-state index is 12.8. The molecule has 0 radical (unpaired) electrons. The Bertz CT molecular complexity index is 1040. The Kier molecular flexibility index (Phi) is 4.21. The van der Waals surface area contributed by atoms with Crippen LogP contribution >= 0.6 is 0 Å². The molecule has 0 saturated carbocycles. The molecule has 1 aliphatic heterocycles. The number of aryl methyl sites for hydroxylation is 1. The molecule has 0 saturated heterocycles. The normalized spacial score (nSPS) is 12.9. The average Bonchev–Trinajstić information content (AvgIpc) is 3.27. The quantitative estimate of drug-likeness (QED) is 0.697. The van der Waals surface area contributed by atoms with Crippen molar-refractivity contribution in [3.63, 3.8) is 0 Å². The summed E-state index contributed by atoms with van der Waals surface area (Å²) in [5.74, 6) is 0.622. The monoisotopic (exact) mass is 389 g/mol. The van der Waals surface area contributed by atoms with E-state index >= 15 is 0 Å². The van der Waals surface area contributed by atoms with Gasteiger partial charge in [-0.2, -0.15) is 18.3 Å². The van der Waals surface area contributed by atoms with Gasteiger partial charge in [0.25, 0.3) is 5.91 Å². The number of rotatable bonds is 3. The van der Waals surface area contributed by atoms with Crippen LogP contribution in [0.25, 0.3) is 11.3 Å². The van der Waals surface area contributed by atoms with E-state index in [9.17, 15) is 18.0 Å². The minimum atomic E-state index is -4.42. The van der Waals surface area contributed by atoms with Gasteiger partial charge in [0.2, 0.25) is 6.79 Å². The number of benzene rings is 2. The van der Waals surface area contributed by atoms with Gasteiger partial charge in [-0.25, -0.2) is 0 Å². The molecule has 28 heavy (non-hydrogen) atoms. The highest BCUT2D eigenvalue weighted by molar-refractivity contribution is 6.06. The first-order valence-electron chi connectivity index (χ1n) is 8.26. The second-order valence-electron chi connectivity index (χ2n) is 6.17. The summed E-state index contributed by atoms with van der Waals surface area (Å²) in [6.45, 7) is 1.80. The van der Waals surface area contributed by atoms with Crippen LogP contribution < -0.4 is 14.8 Å². The number of halogens is 3. The summed E-state index contributed by atoms with van der Waals surface area (Å²) in [6, 6.07) is 9.37. The number of hydrogen-bond acceptors (Lipinski definition) is 4. The van der Waals surface area contributed by atoms with Gasteiger partial charge in [-0.15, -0.1) is 0 Å². The molecule has 2 N–H and O–H groups in total. The van der Waals surface area contributed by atoms with Gasteiger partial charge < -0.3 is 14.8 Å².